The van der Waals surface area contributed by atoms with Crippen molar-refractivity contribution in [2.45, 2.75) is 13.2 Å². The van der Waals surface area contributed by atoms with E-state index < -0.39 is 0 Å². The molecule has 56 valence electrons. The monoisotopic (exact) mass is 158 g/mol. The maximum atomic E-state index is 5.34. The van der Waals surface area contributed by atoms with Crippen LogP contribution in [0.2, 0.25) is 0 Å². The lowest BCUT2D eigenvalue weighted by Crippen LogP contribution is -2.27. The Morgan fingerprint density at radius 2 is 2.60 bits per heavy atom. The highest BCUT2D eigenvalue weighted by molar-refractivity contribution is 7.03. The van der Waals surface area contributed by atoms with E-state index in [1.807, 2.05) is 19.4 Å². The number of nitrogens with one attached hydrogen (secondary N) is 1. The van der Waals surface area contributed by atoms with Crippen molar-refractivity contribution in [2.75, 3.05) is 7.05 Å². The van der Waals surface area contributed by atoms with E-state index in [4.69, 9.17) is 4.74 Å². The molecule has 0 aliphatic heterocycles. The number of ether oxygens (including phenoxy) is 1. The van der Waals surface area contributed by atoms with Gasteiger partial charge >= 0.3 is 0 Å². The van der Waals surface area contributed by atoms with E-state index in [0.29, 0.717) is 0 Å². The highest BCUT2D eigenvalue weighted by Crippen LogP contribution is 2.11. The van der Waals surface area contributed by atoms with Gasteiger partial charge in [-0.3, -0.25) is 5.32 Å². The molecular formula is C6H10N2OS. The third-order valence-corrected chi connectivity index (χ3v) is 1.69. The van der Waals surface area contributed by atoms with Gasteiger partial charge in [0.05, 0.1) is 11.6 Å². The molecule has 1 unspecified atom stereocenters. The van der Waals surface area contributed by atoms with Crippen LogP contribution in [0.25, 0.3) is 0 Å². The Kier molecular flexibility index (Phi) is 2.65. The van der Waals surface area contributed by atoms with Gasteiger partial charge < -0.3 is 4.74 Å². The van der Waals surface area contributed by atoms with Crippen LogP contribution in [-0.4, -0.2) is 17.6 Å². The molecular weight excluding hydrogens is 148 g/mol. The van der Waals surface area contributed by atoms with Gasteiger partial charge in [0.25, 0.3) is 0 Å². The summed E-state index contributed by atoms with van der Waals surface area (Å²) < 4.78 is 9.24. The molecule has 4 heteroatoms. The maximum absolute atomic E-state index is 5.34. The zero-order chi connectivity index (χ0) is 7.40. The Bertz CT molecular complexity index is 176. The molecule has 10 heavy (non-hydrogen) atoms. The fraction of sp³-hybridized carbons (Fsp3) is 0.500. The van der Waals surface area contributed by atoms with Crippen molar-refractivity contribution in [3.63, 3.8) is 0 Å². The number of nitrogens with zero attached hydrogens (tertiary/aromatic N) is 1. The van der Waals surface area contributed by atoms with Crippen LogP contribution in [0.4, 0.5) is 0 Å². The molecule has 1 N–H and O–H groups in total. The summed E-state index contributed by atoms with van der Waals surface area (Å²) in [6.45, 7) is 1.94. The van der Waals surface area contributed by atoms with E-state index >= 15 is 0 Å². The summed E-state index contributed by atoms with van der Waals surface area (Å²) in [4.78, 5) is 0. The molecule has 0 aliphatic carbocycles. The minimum atomic E-state index is 0.0522. The second-order valence-corrected chi connectivity index (χ2v) is 2.57. The first kappa shape index (κ1) is 7.50. The molecule has 3 nitrogen and oxygen atoms in total. The molecule has 1 rings (SSSR count). The molecule has 1 aromatic rings. The predicted molar refractivity (Wildman–Crippen MR) is 41.3 cm³/mol. The molecule has 0 amide bonds. The van der Waals surface area contributed by atoms with Crippen molar-refractivity contribution < 1.29 is 4.74 Å². The lowest BCUT2D eigenvalue weighted by atomic mass is 10.6. The van der Waals surface area contributed by atoms with Crippen LogP contribution >= 0.6 is 11.5 Å². The Hall–Kier alpha value is -0.610. The van der Waals surface area contributed by atoms with Gasteiger partial charge in [-0.2, -0.15) is 4.37 Å². The summed E-state index contributed by atoms with van der Waals surface area (Å²) in [6.07, 6.45) is 1.76. The molecule has 0 aliphatic rings. The minimum Gasteiger partial charge on any atom is -0.473 e. The lowest BCUT2D eigenvalue weighted by molar-refractivity contribution is 0.194. The third kappa shape index (κ3) is 1.97. The van der Waals surface area contributed by atoms with Crippen molar-refractivity contribution in [3.8, 4) is 5.75 Å². The number of aromatic nitrogens is 1. The summed E-state index contributed by atoms with van der Waals surface area (Å²) in [5, 5.41) is 4.83. The van der Waals surface area contributed by atoms with Gasteiger partial charge in [-0.15, -0.1) is 0 Å². The van der Waals surface area contributed by atoms with E-state index in [0.717, 1.165) is 5.75 Å². The SMILES string of the molecule is CNC(C)Oc1cnsc1. The van der Waals surface area contributed by atoms with Crippen molar-refractivity contribution in [2.24, 2.45) is 0 Å². The average Bonchev–Trinajstić information content (AvgIpc) is 2.40. The second kappa shape index (κ2) is 3.53. The number of hydrogen-bond acceptors (Lipinski definition) is 4. The largest absolute Gasteiger partial charge is 0.473 e. The number of rotatable bonds is 3. The quantitative estimate of drug-likeness (QED) is 0.668. The van der Waals surface area contributed by atoms with E-state index in [-0.39, 0.29) is 6.23 Å². The summed E-state index contributed by atoms with van der Waals surface area (Å²) in [6, 6.07) is 0. The Labute approximate surface area is 64.2 Å². The van der Waals surface area contributed by atoms with Crippen LogP contribution in [-0.2, 0) is 0 Å². The average molecular weight is 158 g/mol. The van der Waals surface area contributed by atoms with E-state index in [2.05, 4.69) is 9.69 Å². The molecule has 0 saturated carbocycles. The fourth-order valence-electron chi connectivity index (χ4n) is 0.516. The highest BCUT2D eigenvalue weighted by atomic mass is 32.1. The lowest BCUT2D eigenvalue weighted by Gasteiger charge is -2.10. The van der Waals surface area contributed by atoms with Gasteiger partial charge in [0.15, 0.2) is 5.75 Å². The summed E-state index contributed by atoms with van der Waals surface area (Å²) in [7, 11) is 1.85. The van der Waals surface area contributed by atoms with Crippen molar-refractivity contribution in [3.05, 3.63) is 11.6 Å². The van der Waals surface area contributed by atoms with Gasteiger partial charge in [-0.25, -0.2) is 0 Å². The molecule has 1 aromatic heterocycles. The smallest absolute Gasteiger partial charge is 0.152 e. The zero-order valence-corrected chi connectivity index (χ0v) is 6.81. The Balaban J connectivity index is 2.40. The van der Waals surface area contributed by atoms with Gasteiger partial charge in [0.1, 0.15) is 6.23 Å². The van der Waals surface area contributed by atoms with Crippen LogP contribution in [0.1, 0.15) is 6.92 Å². The number of hydrogen-bond donors (Lipinski definition) is 1. The van der Waals surface area contributed by atoms with Crippen LogP contribution < -0.4 is 10.1 Å². The molecule has 0 fully saturated rings. The van der Waals surface area contributed by atoms with Crippen molar-refractivity contribution in [1.29, 1.82) is 0 Å². The van der Waals surface area contributed by atoms with Crippen LogP contribution in [0, 0.1) is 0 Å². The first-order valence-corrected chi connectivity index (χ1v) is 3.90. The Morgan fingerprint density at radius 1 is 1.80 bits per heavy atom. The molecule has 0 aromatic carbocycles. The molecule has 0 bridgehead atoms. The summed E-state index contributed by atoms with van der Waals surface area (Å²) >= 11 is 1.39. The van der Waals surface area contributed by atoms with Gasteiger partial charge in [-0.05, 0) is 25.5 Å². The molecule has 0 spiro atoms. The molecule has 1 heterocycles. The van der Waals surface area contributed by atoms with Crippen LogP contribution in [0.5, 0.6) is 5.75 Å². The normalized spacial score (nSPS) is 13.0. The molecule has 0 saturated heterocycles. The highest BCUT2D eigenvalue weighted by Gasteiger charge is 1.99. The molecule has 1 atom stereocenters. The zero-order valence-electron chi connectivity index (χ0n) is 6.00. The van der Waals surface area contributed by atoms with E-state index in [1.165, 1.54) is 11.5 Å². The van der Waals surface area contributed by atoms with Crippen molar-refractivity contribution in [1.82, 2.24) is 9.69 Å². The van der Waals surface area contributed by atoms with Gasteiger partial charge in [0, 0.05) is 0 Å². The van der Waals surface area contributed by atoms with E-state index in [1.54, 1.807) is 6.20 Å². The summed E-state index contributed by atoms with van der Waals surface area (Å²) in [5.74, 6) is 0.826. The first-order valence-electron chi connectivity index (χ1n) is 3.06. The topological polar surface area (TPSA) is 34.1 Å². The fourth-order valence-corrected chi connectivity index (χ4v) is 0.962. The Morgan fingerprint density at radius 3 is 3.10 bits per heavy atom. The first-order chi connectivity index (χ1) is 4.83. The van der Waals surface area contributed by atoms with Crippen LogP contribution in [0.3, 0.4) is 0 Å². The second-order valence-electron chi connectivity index (χ2n) is 1.91. The maximum Gasteiger partial charge on any atom is 0.152 e. The third-order valence-electron chi connectivity index (χ3n) is 1.13. The van der Waals surface area contributed by atoms with Crippen LogP contribution in [0.15, 0.2) is 11.6 Å². The van der Waals surface area contributed by atoms with E-state index in [9.17, 15) is 0 Å². The minimum absolute atomic E-state index is 0.0522. The van der Waals surface area contributed by atoms with Gasteiger partial charge in [-0.1, -0.05) is 0 Å². The van der Waals surface area contributed by atoms with Gasteiger partial charge in [0.2, 0.25) is 0 Å². The standard InChI is InChI=1S/C6H10N2OS/c1-5(7-2)9-6-3-8-10-4-6/h3-5,7H,1-2H3. The predicted octanol–water partition coefficient (Wildman–Crippen LogP) is 1.09. The summed E-state index contributed by atoms with van der Waals surface area (Å²) in [5.41, 5.74) is 0. The molecule has 0 radical (unpaired) electrons. The van der Waals surface area contributed by atoms with Crippen molar-refractivity contribution >= 4 is 11.5 Å².